The van der Waals surface area contributed by atoms with Gasteiger partial charge in [-0.15, -0.1) is 0 Å². The molecule has 0 amide bonds. The molecule has 0 aromatic heterocycles. The van der Waals surface area contributed by atoms with Crippen LogP contribution in [0.1, 0.15) is 0 Å². The van der Waals surface area contributed by atoms with E-state index in [1.807, 2.05) is 0 Å². The van der Waals surface area contributed by atoms with Gasteiger partial charge in [-0.1, -0.05) is 0 Å². The van der Waals surface area contributed by atoms with Crippen LogP contribution >= 0.6 is 40.5 Å². The van der Waals surface area contributed by atoms with Crippen LogP contribution in [0.3, 0.4) is 0 Å². The predicted molar refractivity (Wildman–Crippen MR) is 43.6 cm³/mol. The fourth-order valence-corrected chi connectivity index (χ4v) is 0. The Morgan fingerprint density at radius 1 is 0.714 bits per heavy atom. The first-order valence-electron chi connectivity index (χ1n) is 0.775. The van der Waals surface area contributed by atoms with E-state index in [0.717, 1.165) is 0 Å². The highest BCUT2D eigenvalue weighted by atomic mass is 32.1. The zero-order valence-corrected chi connectivity index (χ0v) is 6.42. The topological polar surface area (TPSA) is 60.7 Å². The second-order valence-corrected chi connectivity index (χ2v) is 0.346. The van der Waals surface area contributed by atoms with Crippen molar-refractivity contribution in [2.24, 2.45) is 0 Å². The maximum absolute atomic E-state index is 7.17. The van der Waals surface area contributed by atoms with Gasteiger partial charge in [0.1, 0.15) is 0 Å². The largest absolute Gasteiger partial charge is 0.631 e. The van der Waals surface area contributed by atoms with E-state index in [0.29, 0.717) is 0 Å². The third-order valence-electron chi connectivity index (χ3n) is 0. The maximum atomic E-state index is 7.17. The highest BCUT2D eigenvalue weighted by Crippen LogP contribution is 1.40. The van der Waals surface area contributed by atoms with Crippen LogP contribution < -0.4 is 0 Å². The van der Waals surface area contributed by atoms with Crippen LogP contribution in [0.4, 0.5) is 0 Å². The molecule has 3 N–H and O–H groups in total. The molecule has 0 bridgehead atoms. The molecule has 0 aliphatic rings. The molecular weight excluding hydrogens is 155 g/mol. The van der Waals surface area contributed by atoms with Crippen molar-refractivity contribution < 1.29 is 15.1 Å². The number of hydrogen-bond donors (Lipinski definition) is 3. The van der Waals surface area contributed by atoms with Crippen LogP contribution in [-0.4, -0.2) is 22.4 Å². The van der Waals surface area contributed by atoms with Gasteiger partial charge in [-0.05, 0) is 0 Å². The van der Waals surface area contributed by atoms with Crippen molar-refractivity contribution in [2.75, 3.05) is 0 Å². The molecule has 48 valence electrons. The van der Waals surface area contributed by atoms with Gasteiger partial charge in [0.25, 0.3) is 0 Å². The SMILES string of the molecule is OB(O)O.S.S.S. The summed E-state index contributed by atoms with van der Waals surface area (Å²) < 4.78 is 0. The molecular formula is H9BO3S3. The van der Waals surface area contributed by atoms with E-state index in [1.165, 1.54) is 0 Å². The molecule has 0 saturated carbocycles. The number of hydrogen-bond acceptors (Lipinski definition) is 3. The van der Waals surface area contributed by atoms with Crippen molar-refractivity contribution >= 4 is 47.8 Å². The minimum atomic E-state index is -2.17. The van der Waals surface area contributed by atoms with Crippen molar-refractivity contribution in [3.8, 4) is 0 Å². The molecule has 0 heterocycles. The summed E-state index contributed by atoms with van der Waals surface area (Å²) in [6, 6.07) is 0. The highest BCUT2D eigenvalue weighted by molar-refractivity contribution is 7.59. The molecule has 7 heavy (non-hydrogen) atoms. The van der Waals surface area contributed by atoms with Crippen LogP contribution in [0.15, 0.2) is 0 Å². The summed E-state index contributed by atoms with van der Waals surface area (Å²) >= 11 is 0. The van der Waals surface area contributed by atoms with Gasteiger partial charge in [0.15, 0.2) is 0 Å². The van der Waals surface area contributed by atoms with Crippen LogP contribution in [0.5, 0.6) is 0 Å². The summed E-state index contributed by atoms with van der Waals surface area (Å²) in [5, 5.41) is 21.5. The van der Waals surface area contributed by atoms with E-state index in [2.05, 4.69) is 0 Å². The van der Waals surface area contributed by atoms with E-state index in [-0.39, 0.29) is 40.5 Å². The van der Waals surface area contributed by atoms with E-state index in [1.54, 1.807) is 0 Å². The number of rotatable bonds is 0. The molecule has 0 rings (SSSR count). The second kappa shape index (κ2) is 15.8. The Bertz CT molecular complexity index is 14.9. The van der Waals surface area contributed by atoms with E-state index >= 15 is 0 Å². The molecule has 0 aliphatic carbocycles. The van der Waals surface area contributed by atoms with Gasteiger partial charge in [0.05, 0.1) is 0 Å². The third kappa shape index (κ3) is 176. The first kappa shape index (κ1) is 24.5. The minimum Gasteiger partial charge on any atom is -0.402 e. The Balaban J connectivity index is -0.0000000150. The second-order valence-electron chi connectivity index (χ2n) is 0.346. The fourth-order valence-electron chi connectivity index (χ4n) is 0. The third-order valence-corrected chi connectivity index (χ3v) is 0. The predicted octanol–water partition coefficient (Wildman–Crippen LogP) is -1.71. The van der Waals surface area contributed by atoms with Crippen LogP contribution in [0, 0.1) is 0 Å². The Hall–Kier alpha value is 0.995. The van der Waals surface area contributed by atoms with Crippen molar-refractivity contribution in [3.63, 3.8) is 0 Å². The standard InChI is InChI=1S/BH3O3.3H2S/c2-1(3)4;;;/h2-4H;3*1H2. The van der Waals surface area contributed by atoms with Gasteiger partial charge in [-0.3, -0.25) is 0 Å². The first-order chi connectivity index (χ1) is 1.73. The van der Waals surface area contributed by atoms with Crippen molar-refractivity contribution in [1.82, 2.24) is 0 Å². The molecule has 7 heteroatoms. The average Bonchev–Trinajstić information content (AvgIpc) is 0.811. The normalized spacial score (nSPS) is 3.86. The average molecular weight is 164 g/mol. The van der Waals surface area contributed by atoms with Crippen molar-refractivity contribution in [3.05, 3.63) is 0 Å². The molecule has 0 saturated heterocycles. The Morgan fingerprint density at radius 2 is 0.714 bits per heavy atom. The molecule has 0 unspecified atom stereocenters. The molecule has 0 aromatic carbocycles. The zero-order chi connectivity index (χ0) is 3.58. The van der Waals surface area contributed by atoms with Crippen molar-refractivity contribution in [1.29, 1.82) is 0 Å². The van der Waals surface area contributed by atoms with Gasteiger partial charge in [-0.25, -0.2) is 0 Å². The van der Waals surface area contributed by atoms with Gasteiger partial charge < -0.3 is 15.1 Å². The van der Waals surface area contributed by atoms with Crippen LogP contribution in [-0.2, 0) is 0 Å². The van der Waals surface area contributed by atoms with Gasteiger partial charge in [0, 0.05) is 0 Å². The Morgan fingerprint density at radius 3 is 0.714 bits per heavy atom. The van der Waals surface area contributed by atoms with Gasteiger partial charge >= 0.3 is 7.32 Å². The molecule has 0 spiro atoms. The molecule has 0 fully saturated rings. The highest BCUT2D eigenvalue weighted by Gasteiger charge is 1.92. The summed E-state index contributed by atoms with van der Waals surface area (Å²) in [4.78, 5) is 0. The van der Waals surface area contributed by atoms with E-state index in [9.17, 15) is 0 Å². The summed E-state index contributed by atoms with van der Waals surface area (Å²) in [5.74, 6) is 0. The Labute approximate surface area is 63.3 Å². The quantitative estimate of drug-likeness (QED) is 0.373. The lowest BCUT2D eigenvalue weighted by molar-refractivity contribution is 0.278. The molecule has 0 atom stereocenters. The van der Waals surface area contributed by atoms with Crippen LogP contribution in [0.2, 0.25) is 0 Å². The lowest BCUT2D eigenvalue weighted by Gasteiger charge is -1.69. The van der Waals surface area contributed by atoms with E-state index < -0.39 is 7.32 Å². The minimum absolute atomic E-state index is 0. The monoisotopic (exact) mass is 164 g/mol. The molecule has 0 aromatic rings. The fraction of sp³-hybridized carbons (Fsp3) is 0. The lowest BCUT2D eigenvalue weighted by atomic mass is 10.3. The van der Waals surface area contributed by atoms with Gasteiger partial charge in [-0.2, -0.15) is 40.5 Å². The van der Waals surface area contributed by atoms with Crippen molar-refractivity contribution in [2.45, 2.75) is 0 Å². The first-order valence-corrected chi connectivity index (χ1v) is 0.775. The zero-order valence-electron chi connectivity index (χ0n) is 3.42. The summed E-state index contributed by atoms with van der Waals surface area (Å²) in [6.45, 7) is 0. The molecule has 0 aliphatic heterocycles. The van der Waals surface area contributed by atoms with E-state index in [4.69, 9.17) is 15.1 Å². The van der Waals surface area contributed by atoms with Crippen LogP contribution in [0.25, 0.3) is 0 Å². The smallest absolute Gasteiger partial charge is 0.402 e. The van der Waals surface area contributed by atoms with Gasteiger partial charge in [0.2, 0.25) is 0 Å². The molecule has 0 radical (unpaired) electrons. The maximum Gasteiger partial charge on any atom is 0.631 e. The summed E-state index contributed by atoms with van der Waals surface area (Å²) in [7, 11) is -2.17. The molecule has 3 nitrogen and oxygen atoms in total. The lowest BCUT2D eigenvalue weighted by Crippen LogP contribution is -2.07. The Kier molecular flexibility index (Phi) is 55.2. The summed E-state index contributed by atoms with van der Waals surface area (Å²) in [6.07, 6.45) is 0. The summed E-state index contributed by atoms with van der Waals surface area (Å²) in [5.41, 5.74) is 0.